The normalized spacial score (nSPS) is 11.0. The number of amides is 1. The van der Waals surface area contributed by atoms with Crippen LogP contribution in [0.5, 0.6) is 0 Å². The zero-order valence-electron chi connectivity index (χ0n) is 13.2. The first-order chi connectivity index (χ1) is 12.1. The minimum atomic E-state index is -0.456. The van der Waals surface area contributed by atoms with Gasteiger partial charge in [-0.25, -0.2) is 4.98 Å². The van der Waals surface area contributed by atoms with Crippen LogP contribution in [0.4, 0.5) is 5.69 Å². The second-order valence-corrected chi connectivity index (χ2v) is 6.41. The van der Waals surface area contributed by atoms with Gasteiger partial charge in [-0.1, -0.05) is 12.1 Å². The van der Waals surface area contributed by atoms with Crippen LogP contribution in [0.2, 0.25) is 0 Å². The van der Waals surface area contributed by atoms with Gasteiger partial charge in [0.25, 0.3) is 5.69 Å². The number of benzene rings is 2. The highest BCUT2D eigenvalue weighted by molar-refractivity contribution is 7.18. The zero-order valence-corrected chi connectivity index (χ0v) is 14.0. The first kappa shape index (κ1) is 16.8. The summed E-state index contributed by atoms with van der Waals surface area (Å²) in [7, 11) is 0. The van der Waals surface area contributed by atoms with Crippen LogP contribution in [0, 0.1) is 10.1 Å². The molecule has 0 unspecified atom stereocenters. The van der Waals surface area contributed by atoms with Crippen LogP contribution in [0.25, 0.3) is 16.3 Å². The number of nitrogens with zero attached hydrogens (tertiary/aromatic N) is 2. The third-order valence-corrected chi connectivity index (χ3v) is 4.60. The summed E-state index contributed by atoms with van der Waals surface area (Å²) in [5, 5.41) is 14.4. The molecule has 1 N–H and O–H groups in total. The Morgan fingerprint density at radius 2 is 1.96 bits per heavy atom. The van der Waals surface area contributed by atoms with Crippen LogP contribution >= 0.6 is 11.3 Å². The number of thiazole rings is 1. The number of para-hydroxylation sites is 1. The molecule has 0 atom stereocenters. The standard InChI is InChI=1S/C18H15N3O3S/c22-17(10-7-13-5-8-14(9-6-13)21(23)24)19-12-11-18-20-15-3-1-2-4-16(15)25-18/h1-10H,11-12H2,(H,19,22)/b10-7+. The van der Waals surface area contributed by atoms with Crippen molar-refractivity contribution in [3.63, 3.8) is 0 Å². The highest BCUT2D eigenvalue weighted by Gasteiger charge is 2.04. The van der Waals surface area contributed by atoms with Gasteiger partial charge in [0.15, 0.2) is 0 Å². The maximum absolute atomic E-state index is 11.8. The molecule has 0 saturated heterocycles. The number of nitro groups is 1. The SMILES string of the molecule is O=C(/C=C/c1ccc([N+](=O)[O-])cc1)NCCc1nc2ccccc2s1. The fourth-order valence-corrected chi connectivity index (χ4v) is 3.22. The van der Waals surface area contributed by atoms with Crippen molar-refractivity contribution < 1.29 is 9.72 Å². The van der Waals surface area contributed by atoms with E-state index >= 15 is 0 Å². The van der Waals surface area contributed by atoms with Crippen LogP contribution in [0.1, 0.15) is 10.6 Å². The summed E-state index contributed by atoms with van der Waals surface area (Å²) in [5.41, 5.74) is 1.73. The summed E-state index contributed by atoms with van der Waals surface area (Å²) in [6, 6.07) is 14.0. The number of carbonyl (C=O) groups excluding carboxylic acids is 1. The predicted octanol–water partition coefficient (Wildman–Crippen LogP) is 3.58. The quantitative estimate of drug-likeness (QED) is 0.417. The maximum atomic E-state index is 11.8. The monoisotopic (exact) mass is 353 g/mol. The van der Waals surface area contributed by atoms with Gasteiger partial charge in [-0.3, -0.25) is 14.9 Å². The van der Waals surface area contributed by atoms with Crippen molar-refractivity contribution in [3.8, 4) is 0 Å². The van der Waals surface area contributed by atoms with E-state index in [-0.39, 0.29) is 11.6 Å². The largest absolute Gasteiger partial charge is 0.352 e. The lowest BCUT2D eigenvalue weighted by Gasteiger charge is -1.99. The number of non-ortho nitro benzene ring substituents is 1. The third kappa shape index (κ3) is 4.48. The van der Waals surface area contributed by atoms with E-state index in [1.54, 1.807) is 29.5 Å². The van der Waals surface area contributed by atoms with Crippen LogP contribution < -0.4 is 5.32 Å². The molecule has 3 aromatic rings. The highest BCUT2D eigenvalue weighted by atomic mass is 32.1. The Morgan fingerprint density at radius 1 is 1.20 bits per heavy atom. The molecule has 2 aromatic carbocycles. The van der Waals surface area contributed by atoms with Crippen LogP contribution in [0.15, 0.2) is 54.6 Å². The number of rotatable bonds is 6. The summed E-state index contributed by atoms with van der Waals surface area (Å²) in [6.45, 7) is 0.503. The minimum absolute atomic E-state index is 0.0254. The van der Waals surface area contributed by atoms with E-state index < -0.39 is 4.92 Å². The number of hydrogen-bond donors (Lipinski definition) is 1. The number of nitrogens with one attached hydrogen (secondary N) is 1. The Morgan fingerprint density at radius 3 is 2.68 bits per heavy atom. The molecule has 0 aliphatic carbocycles. The molecule has 25 heavy (non-hydrogen) atoms. The van der Waals surface area contributed by atoms with Crippen LogP contribution in [-0.2, 0) is 11.2 Å². The molecule has 3 rings (SSSR count). The molecule has 0 bridgehead atoms. The lowest BCUT2D eigenvalue weighted by Crippen LogP contribution is -2.23. The predicted molar refractivity (Wildman–Crippen MR) is 98.5 cm³/mol. The lowest BCUT2D eigenvalue weighted by molar-refractivity contribution is -0.384. The third-order valence-electron chi connectivity index (χ3n) is 3.51. The summed E-state index contributed by atoms with van der Waals surface area (Å²) >= 11 is 1.63. The molecule has 0 spiro atoms. The average molecular weight is 353 g/mol. The van der Waals surface area contributed by atoms with Crippen molar-refractivity contribution in [2.75, 3.05) is 6.54 Å². The van der Waals surface area contributed by atoms with Gasteiger partial charge in [-0.05, 0) is 35.9 Å². The molecule has 0 radical (unpaired) electrons. The van der Waals surface area contributed by atoms with E-state index in [0.29, 0.717) is 13.0 Å². The van der Waals surface area contributed by atoms with Gasteiger partial charge in [0.2, 0.25) is 5.91 Å². The van der Waals surface area contributed by atoms with E-state index in [2.05, 4.69) is 10.3 Å². The fraction of sp³-hybridized carbons (Fsp3) is 0.111. The topological polar surface area (TPSA) is 85.1 Å². The lowest BCUT2D eigenvalue weighted by atomic mass is 10.2. The molecule has 0 fully saturated rings. The van der Waals surface area contributed by atoms with Gasteiger partial charge in [0.1, 0.15) is 0 Å². The average Bonchev–Trinajstić information content (AvgIpc) is 3.03. The minimum Gasteiger partial charge on any atom is -0.352 e. The smallest absolute Gasteiger partial charge is 0.269 e. The molecule has 1 aromatic heterocycles. The van der Waals surface area contributed by atoms with E-state index in [9.17, 15) is 14.9 Å². The molecule has 126 valence electrons. The van der Waals surface area contributed by atoms with Crippen molar-refractivity contribution in [2.24, 2.45) is 0 Å². The molecule has 0 aliphatic rings. The Balaban J connectivity index is 1.49. The molecule has 6 nitrogen and oxygen atoms in total. The van der Waals surface area contributed by atoms with E-state index in [0.717, 1.165) is 20.8 Å². The molecular weight excluding hydrogens is 338 g/mol. The zero-order chi connectivity index (χ0) is 17.6. The molecular formula is C18H15N3O3S. The Bertz CT molecular complexity index is 899. The molecule has 0 aliphatic heterocycles. The van der Waals surface area contributed by atoms with Gasteiger partial charge < -0.3 is 5.32 Å². The molecule has 1 heterocycles. The van der Waals surface area contributed by atoms with Gasteiger partial charge >= 0.3 is 0 Å². The summed E-state index contributed by atoms with van der Waals surface area (Å²) in [5.74, 6) is -0.209. The number of fused-ring (bicyclic) bond motifs is 1. The first-order valence-electron chi connectivity index (χ1n) is 7.66. The van der Waals surface area contributed by atoms with Gasteiger partial charge in [-0.15, -0.1) is 11.3 Å². The maximum Gasteiger partial charge on any atom is 0.269 e. The second-order valence-electron chi connectivity index (χ2n) is 5.30. The Kier molecular flexibility index (Phi) is 5.15. The van der Waals surface area contributed by atoms with E-state index in [1.165, 1.54) is 18.2 Å². The Hall–Kier alpha value is -3.06. The first-order valence-corrected chi connectivity index (χ1v) is 8.48. The van der Waals surface area contributed by atoms with E-state index in [4.69, 9.17) is 0 Å². The highest BCUT2D eigenvalue weighted by Crippen LogP contribution is 2.21. The number of nitro benzene ring substituents is 1. The summed E-state index contributed by atoms with van der Waals surface area (Å²) < 4.78 is 1.14. The summed E-state index contributed by atoms with van der Waals surface area (Å²) in [6.07, 6.45) is 3.72. The van der Waals surface area contributed by atoms with Gasteiger partial charge in [-0.2, -0.15) is 0 Å². The Labute approximate surface area is 148 Å². The van der Waals surface area contributed by atoms with Gasteiger partial charge in [0.05, 0.1) is 20.1 Å². The second kappa shape index (κ2) is 7.67. The fourth-order valence-electron chi connectivity index (χ4n) is 2.26. The molecule has 7 heteroatoms. The van der Waals surface area contributed by atoms with Crippen LogP contribution in [-0.4, -0.2) is 22.4 Å². The van der Waals surface area contributed by atoms with Crippen molar-refractivity contribution in [1.29, 1.82) is 0 Å². The van der Waals surface area contributed by atoms with Crippen molar-refractivity contribution in [3.05, 3.63) is 75.3 Å². The summed E-state index contributed by atoms with van der Waals surface area (Å²) in [4.78, 5) is 26.5. The number of hydrogen-bond acceptors (Lipinski definition) is 5. The van der Waals surface area contributed by atoms with Crippen molar-refractivity contribution in [1.82, 2.24) is 10.3 Å². The van der Waals surface area contributed by atoms with E-state index in [1.807, 2.05) is 24.3 Å². The molecule has 1 amide bonds. The van der Waals surface area contributed by atoms with Gasteiger partial charge in [0, 0.05) is 31.2 Å². The van der Waals surface area contributed by atoms with Crippen LogP contribution in [0.3, 0.4) is 0 Å². The van der Waals surface area contributed by atoms with Crippen molar-refractivity contribution in [2.45, 2.75) is 6.42 Å². The van der Waals surface area contributed by atoms with Crippen molar-refractivity contribution >= 4 is 39.2 Å². The molecule has 0 saturated carbocycles. The number of carbonyl (C=O) groups is 1. The number of aromatic nitrogens is 1.